The topological polar surface area (TPSA) is 86.8 Å². The van der Waals surface area contributed by atoms with Crippen molar-refractivity contribution in [2.45, 2.75) is 12.3 Å². The van der Waals surface area contributed by atoms with Gasteiger partial charge in [0.1, 0.15) is 11.3 Å². The van der Waals surface area contributed by atoms with Crippen molar-refractivity contribution in [3.63, 3.8) is 0 Å². The Kier molecular flexibility index (Phi) is 2.93. The van der Waals surface area contributed by atoms with Crippen molar-refractivity contribution in [3.8, 4) is 0 Å². The standard InChI is InChI=1S/C10H12N6OS/c17-10(14-9-15-13-6-18-9)16-4-1-7(5-16)8-11-2-3-12-8/h2-3,6-7H,1,4-5H2,(H,11,12)(H,14,15,17). The average molecular weight is 264 g/mol. The number of anilines is 1. The Morgan fingerprint density at radius 1 is 1.61 bits per heavy atom. The molecule has 3 rings (SSSR count). The molecule has 1 fully saturated rings. The molecule has 7 nitrogen and oxygen atoms in total. The Balaban J connectivity index is 1.60. The fourth-order valence-corrected chi connectivity index (χ4v) is 2.50. The van der Waals surface area contributed by atoms with E-state index in [1.807, 2.05) is 0 Å². The predicted octanol–water partition coefficient (Wildman–Crippen LogP) is 1.28. The summed E-state index contributed by atoms with van der Waals surface area (Å²) in [6.45, 7) is 1.41. The van der Waals surface area contributed by atoms with Gasteiger partial charge in [-0.2, -0.15) is 0 Å². The zero-order chi connectivity index (χ0) is 12.4. The largest absolute Gasteiger partial charge is 0.348 e. The van der Waals surface area contributed by atoms with Gasteiger partial charge < -0.3 is 9.88 Å². The van der Waals surface area contributed by atoms with Gasteiger partial charge in [0.25, 0.3) is 0 Å². The number of nitrogens with zero attached hydrogens (tertiary/aromatic N) is 4. The lowest BCUT2D eigenvalue weighted by atomic mass is 10.1. The average Bonchev–Trinajstić information content (AvgIpc) is 3.11. The fraction of sp³-hybridized carbons (Fsp3) is 0.400. The second-order valence-electron chi connectivity index (χ2n) is 4.08. The van der Waals surface area contributed by atoms with Crippen molar-refractivity contribution in [1.82, 2.24) is 25.1 Å². The Hall–Kier alpha value is -1.96. The van der Waals surface area contributed by atoms with E-state index < -0.39 is 0 Å². The minimum Gasteiger partial charge on any atom is -0.348 e. The van der Waals surface area contributed by atoms with Crippen molar-refractivity contribution in [2.24, 2.45) is 0 Å². The molecule has 0 aromatic carbocycles. The summed E-state index contributed by atoms with van der Waals surface area (Å²) in [7, 11) is 0. The van der Waals surface area contributed by atoms with E-state index in [1.165, 1.54) is 11.3 Å². The van der Waals surface area contributed by atoms with Gasteiger partial charge in [0.05, 0.1) is 0 Å². The third kappa shape index (κ3) is 2.19. The van der Waals surface area contributed by atoms with Gasteiger partial charge >= 0.3 is 6.03 Å². The van der Waals surface area contributed by atoms with E-state index in [1.54, 1.807) is 22.8 Å². The summed E-state index contributed by atoms with van der Waals surface area (Å²) >= 11 is 1.31. The summed E-state index contributed by atoms with van der Waals surface area (Å²) in [5, 5.41) is 10.7. The van der Waals surface area contributed by atoms with Crippen molar-refractivity contribution in [2.75, 3.05) is 18.4 Å². The molecule has 94 valence electrons. The number of aromatic nitrogens is 4. The molecule has 18 heavy (non-hydrogen) atoms. The van der Waals surface area contributed by atoms with Gasteiger partial charge in [-0.25, -0.2) is 9.78 Å². The number of carbonyl (C=O) groups is 1. The molecule has 8 heteroatoms. The zero-order valence-electron chi connectivity index (χ0n) is 9.54. The Morgan fingerprint density at radius 3 is 3.28 bits per heavy atom. The summed E-state index contributed by atoms with van der Waals surface area (Å²) in [4.78, 5) is 21.1. The van der Waals surface area contributed by atoms with E-state index in [0.29, 0.717) is 17.6 Å². The van der Waals surface area contributed by atoms with Crippen molar-refractivity contribution < 1.29 is 4.79 Å². The van der Waals surface area contributed by atoms with Crippen LogP contribution in [0.4, 0.5) is 9.93 Å². The van der Waals surface area contributed by atoms with E-state index in [-0.39, 0.29) is 6.03 Å². The summed E-state index contributed by atoms with van der Waals surface area (Å²) in [5.41, 5.74) is 1.59. The maximum absolute atomic E-state index is 12.0. The van der Waals surface area contributed by atoms with Gasteiger partial charge in [0.15, 0.2) is 0 Å². The molecule has 0 spiro atoms. The van der Waals surface area contributed by atoms with Crippen LogP contribution in [0.5, 0.6) is 0 Å². The third-order valence-electron chi connectivity index (χ3n) is 2.96. The van der Waals surface area contributed by atoms with E-state index in [0.717, 1.165) is 18.8 Å². The minimum atomic E-state index is -0.124. The SMILES string of the molecule is O=C(Nc1nncs1)N1CCC(c2ncc[nH]2)C1. The summed E-state index contributed by atoms with van der Waals surface area (Å²) in [5.74, 6) is 1.24. The number of rotatable bonds is 2. The fourth-order valence-electron chi connectivity index (χ4n) is 2.07. The van der Waals surface area contributed by atoms with Gasteiger partial charge in [0.2, 0.25) is 5.13 Å². The summed E-state index contributed by atoms with van der Waals surface area (Å²) in [6.07, 6.45) is 4.47. The molecule has 1 saturated heterocycles. The molecule has 1 aliphatic rings. The number of amides is 2. The van der Waals surface area contributed by atoms with Gasteiger partial charge in [-0.15, -0.1) is 10.2 Å². The van der Waals surface area contributed by atoms with Crippen LogP contribution in [0, 0.1) is 0 Å². The molecule has 2 aromatic rings. The first kappa shape index (κ1) is 11.1. The molecule has 3 heterocycles. The van der Waals surface area contributed by atoms with Crippen LogP contribution in [0.1, 0.15) is 18.2 Å². The Labute approximate surface area is 107 Å². The highest BCUT2D eigenvalue weighted by Gasteiger charge is 2.28. The van der Waals surface area contributed by atoms with Gasteiger partial charge in [-0.05, 0) is 6.42 Å². The van der Waals surface area contributed by atoms with E-state index in [9.17, 15) is 4.79 Å². The lowest BCUT2D eigenvalue weighted by Crippen LogP contribution is -2.32. The number of nitrogens with one attached hydrogen (secondary N) is 2. The number of H-pyrrole nitrogens is 1. The molecular formula is C10H12N6OS. The van der Waals surface area contributed by atoms with E-state index in [2.05, 4.69) is 25.5 Å². The summed E-state index contributed by atoms with van der Waals surface area (Å²) in [6, 6.07) is -0.124. The van der Waals surface area contributed by atoms with Crippen LogP contribution in [-0.4, -0.2) is 44.2 Å². The first-order valence-electron chi connectivity index (χ1n) is 5.64. The molecule has 1 aliphatic heterocycles. The van der Waals surface area contributed by atoms with Crippen LogP contribution < -0.4 is 5.32 Å². The molecule has 0 bridgehead atoms. The zero-order valence-corrected chi connectivity index (χ0v) is 10.4. The Morgan fingerprint density at radius 2 is 2.56 bits per heavy atom. The Bertz CT molecular complexity index is 510. The monoisotopic (exact) mass is 264 g/mol. The van der Waals surface area contributed by atoms with Crippen LogP contribution in [-0.2, 0) is 0 Å². The third-order valence-corrected chi connectivity index (χ3v) is 3.56. The normalized spacial score (nSPS) is 19.1. The van der Waals surface area contributed by atoms with Gasteiger partial charge in [-0.3, -0.25) is 5.32 Å². The highest BCUT2D eigenvalue weighted by atomic mass is 32.1. The van der Waals surface area contributed by atoms with Crippen LogP contribution in [0.3, 0.4) is 0 Å². The molecule has 0 aliphatic carbocycles. The van der Waals surface area contributed by atoms with E-state index in [4.69, 9.17) is 0 Å². The van der Waals surface area contributed by atoms with E-state index >= 15 is 0 Å². The molecule has 1 atom stereocenters. The number of likely N-dealkylation sites (tertiary alicyclic amines) is 1. The number of carbonyl (C=O) groups excluding carboxylic acids is 1. The highest BCUT2D eigenvalue weighted by Crippen LogP contribution is 2.25. The van der Waals surface area contributed by atoms with Gasteiger partial charge in [-0.1, -0.05) is 11.3 Å². The van der Waals surface area contributed by atoms with Crippen molar-refractivity contribution in [3.05, 3.63) is 23.7 Å². The first-order chi connectivity index (χ1) is 8.83. The molecule has 0 saturated carbocycles. The van der Waals surface area contributed by atoms with Crippen molar-refractivity contribution >= 4 is 22.5 Å². The van der Waals surface area contributed by atoms with Crippen molar-refractivity contribution in [1.29, 1.82) is 0 Å². The second-order valence-corrected chi connectivity index (χ2v) is 4.91. The predicted molar refractivity (Wildman–Crippen MR) is 66.4 cm³/mol. The first-order valence-corrected chi connectivity index (χ1v) is 6.52. The minimum absolute atomic E-state index is 0.124. The molecule has 2 N–H and O–H groups in total. The molecule has 2 aromatic heterocycles. The van der Waals surface area contributed by atoms with Crippen LogP contribution >= 0.6 is 11.3 Å². The molecular weight excluding hydrogens is 252 g/mol. The summed E-state index contributed by atoms with van der Waals surface area (Å²) < 4.78 is 0. The maximum Gasteiger partial charge on any atom is 0.323 e. The number of urea groups is 1. The number of imidazole rings is 1. The van der Waals surface area contributed by atoms with Gasteiger partial charge in [0, 0.05) is 31.4 Å². The maximum atomic E-state index is 12.0. The lowest BCUT2D eigenvalue weighted by Gasteiger charge is -2.15. The van der Waals surface area contributed by atoms with Crippen LogP contribution in [0.15, 0.2) is 17.9 Å². The lowest BCUT2D eigenvalue weighted by molar-refractivity contribution is 0.222. The second kappa shape index (κ2) is 4.73. The highest BCUT2D eigenvalue weighted by molar-refractivity contribution is 7.13. The quantitative estimate of drug-likeness (QED) is 0.855. The smallest absolute Gasteiger partial charge is 0.323 e. The number of hydrogen-bond donors (Lipinski definition) is 2. The molecule has 2 amide bonds. The van der Waals surface area contributed by atoms with Crippen LogP contribution in [0.25, 0.3) is 0 Å². The number of aromatic amines is 1. The number of hydrogen-bond acceptors (Lipinski definition) is 5. The van der Waals surface area contributed by atoms with Crippen LogP contribution in [0.2, 0.25) is 0 Å². The molecule has 0 radical (unpaired) electrons. The molecule has 1 unspecified atom stereocenters.